The third kappa shape index (κ3) is 6.49. The second-order valence-corrected chi connectivity index (χ2v) is 11.1. The van der Waals surface area contributed by atoms with Crippen molar-refractivity contribution in [2.24, 2.45) is 0 Å². The van der Waals surface area contributed by atoms with Crippen LogP contribution in [-0.4, -0.2) is 84.3 Å². The number of fused-ring (bicyclic) bond motifs is 1. The number of nitrogens with zero attached hydrogens (tertiary/aromatic N) is 4. The molecule has 2 unspecified atom stereocenters. The Morgan fingerprint density at radius 3 is 2.30 bits per heavy atom. The molecule has 44 heavy (non-hydrogen) atoms. The highest BCUT2D eigenvalue weighted by Gasteiger charge is 2.47. The SMILES string of the molecule is CCNC(=O)[C@H]1O[C@H](n2cnc3c(NCC(c4ccccc4)c4ccccc4)nc(NC4CCC(O)C4)nc32)[C@H](O)[C@@H]1O.Cl. The number of benzene rings is 2. The maximum absolute atomic E-state index is 12.5. The highest BCUT2D eigenvalue weighted by molar-refractivity contribution is 5.85. The number of likely N-dealkylation sites (N-methyl/N-ethyl adjacent to an activating group) is 1. The zero-order valence-electron chi connectivity index (χ0n) is 24.3. The van der Waals surface area contributed by atoms with E-state index in [1.807, 2.05) is 36.4 Å². The summed E-state index contributed by atoms with van der Waals surface area (Å²) in [7, 11) is 0. The summed E-state index contributed by atoms with van der Waals surface area (Å²) in [5.74, 6) is 0.326. The summed E-state index contributed by atoms with van der Waals surface area (Å²) >= 11 is 0. The average Bonchev–Trinajstić information content (AvgIpc) is 3.71. The van der Waals surface area contributed by atoms with Crippen LogP contribution in [0.25, 0.3) is 11.2 Å². The number of hydrogen-bond acceptors (Lipinski definition) is 10. The molecule has 1 aliphatic carbocycles. The van der Waals surface area contributed by atoms with Gasteiger partial charge in [-0.05, 0) is 37.3 Å². The number of aliphatic hydroxyl groups excluding tert-OH is 3. The van der Waals surface area contributed by atoms with Crippen LogP contribution >= 0.6 is 12.4 Å². The van der Waals surface area contributed by atoms with Gasteiger partial charge in [-0.15, -0.1) is 12.4 Å². The minimum absolute atomic E-state index is 0. The predicted molar refractivity (Wildman–Crippen MR) is 168 cm³/mol. The van der Waals surface area contributed by atoms with E-state index in [9.17, 15) is 20.1 Å². The molecule has 234 valence electrons. The van der Waals surface area contributed by atoms with Crippen LogP contribution in [0.5, 0.6) is 0 Å². The third-order valence-corrected chi connectivity index (χ3v) is 8.16. The zero-order valence-corrected chi connectivity index (χ0v) is 25.1. The van der Waals surface area contributed by atoms with Crippen molar-refractivity contribution in [3.63, 3.8) is 0 Å². The van der Waals surface area contributed by atoms with Gasteiger partial charge in [0.25, 0.3) is 5.91 Å². The number of ether oxygens (including phenoxy) is 1. The topological polar surface area (TPSA) is 167 Å². The quantitative estimate of drug-likeness (QED) is 0.155. The summed E-state index contributed by atoms with van der Waals surface area (Å²) < 4.78 is 7.39. The zero-order chi connectivity index (χ0) is 29.9. The van der Waals surface area contributed by atoms with Crippen molar-refractivity contribution in [3.8, 4) is 0 Å². The molecule has 6 atom stereocenters. The largest absolute Gasteiger partial charge is 0.393 e. The molecular weight excluding hydrogens is 586 g/mol. The molecule has 2 fully saturated rings. The highest BCUT2D eigenvalue weighted by Crippen LogP contribution is 2.34. The molecule has 2 aliphatic rings. The summed E-state index contributed by atoms with van der Waals surface area (Å²) in [5, 5.41) is 41.1. The normalized spacial score (nSPS) is 24.8. The van der Waals surface area contributed by atoms with Crippen molar-refractivity contribution >= 4 is 41.2 Å². The molecule has 13 heteroatoms. The van der Waals surface area contributed by atoms with Gasteiger partial charge in [0.1, 0.15) is 12.2 Å². The number of carbonyl (C=O) groups is 1. The Morgan fingerprint density at radius 1 is 1.00 bits per heavy atom. The fourth-order valence-corrected chi connectivity index (χ4v) is 5.94. The molecule has 1 aliphatic heterocycles. The van der Waals surface area contributed by atoms with Gasteiger partial charge in [0, 0.05) is 25.0 Å². The van der Waals surface area contributed by atoms with E-state index in [2.05, 4.69) is 45.2 Å². The summed E-state index contributed by atoms with van der Waals surface area (Å²) in [6.07, 6.45) is -2.01. The van der Waals surface area contributed by atoms with Crippen molar-refractivity contribution < 1.29 is 24.9 Å². The number of amides is 1. The lowest BCUT2D eigenvalue weighted by atomic mass is 9.91. The Hall–Kier alpha value is -3.81. The molecule has 0 spiro atoms. The minimum Gasteiger partial charge on any atom is -0.393 e. The van der Waals surface area contributed by atoms with Gasteiger partial charge < -0.3 is 36.0 Å². The lowest BCUT2D eigenvalue weighted by molar-refractivity contribution is -0.137. The number of nitrogens with one attached hydrogen (secondary N) is 3. The third-order valence-electron chi connectivity index (χ3n) is 8.16. The molecule has 1 saturated carbocycles. The van der Waals surface area contributed by atoms with Gasteiger partial charge in [0.2, 0.25) is 5.95 Å². The first-order valence-corrected chi connectivity index (χ1v) is 14.7. The first-order valence-electron chi connectivity index (χ1n) is 14.7. The molecule has 6 N–H and O–H groups in total. The van der Waals surface area contributed by atoms with Gasteiger partial charge in [-0.3, -0.25) is 9.36 Å². The number of aromatic nitrogens is 4. The van der Waals surface area contributed by atoms with E-state index in [0.29, 0.717) is 48.9 Å². The van der Waals surface area contributed by atoms with E-state index in [4.69, 9.17) is 14.7 Å². The van der Waals surface area contributed by atoms with Gasteiger partial charge in [0.15, 0.2) is 29.3 Å². The van der Waals surface area contributed by atoms with Crippen molar-refractivity contribution in [1.82, 2.24) is 24.8 Å². The Labute approximate surface area is 261 Å². The summed E-state index contributed by atoms with van der Waals surface area (Å²) in [4.78, 5) is 26.6. The van der Waals surface area contributed by atoms with Gasteiger partial charge in [0.05, 0.1) is 12.4 Å². The van der Waals surface area contributed by atoms with Crippen LogP contribution in [0.4, 0.5) is 11.8 Å². The summed E-state index contributed by atoms with van der Waals surface area (Å²) in [5.41, 5.74) is 3.09. The monoisotopic (exact) mass is 623 g/mol. The lowest BCUT2D eigenvalue weighted by Crippen LogP contribution is -2.42. The number of imidazole rings is 1. The van der Waals surface area contributed by atoms with Crippen LogP contribution in [0, 0.1) is 0 Å². The molecule has 1 amide bonds. The second-order valence-electron chi connectivity index (χ2n) is 11.1. The van der Waals surface area contributed by atoms with Crippen LogP contribution < -0.4 is 16.0 Å². The Balaban J connectivity index is 0.00000384. The van der Waals surface area contributed by atoms with Gasteiger partial charge in [-0.1, -0.05) is 60.7 Å². The lowest BCUT2D eigenvalue weighted by Gasteiger charge is -2.20. The smallest absolute Gasteiger partial charge is 0.252 e. The van der Waals surface area contributed by atoms with Crippen LogP contribution in [0.1, 0.15) is 49.5 Å². The first-order chi connectivity index (χ1) is 20.9. The van der Waals surface area contributed by atoms with E-state index < -0.39 is 30.4 Å². The van der Waals surface area contributed by atoms with E-state index in [1.165, 1.54) is 10.9 Å². The van der Waals surface area contributed by atoms with Crippen LogP contribution in [0.15, 0.2) is 67.0 Å². The molecule has 2 aromatic heterocycles. The molecule has 1 saturated heterocycles. The van der Waals surface area contributed by atoms with Crippen molar-refractivity contribution in [2.75, 3.05) is 23.7 Å². The first kappa shape index (κ1) is 31.6. The van der Waals surface area contributed by atoms with Crippen LogP contribution in [0.3, 0.4) is 0 Å². The number of aliphatic hydroxyl groups is 3. The van der Waals surface area contributed by atoms with E-state index >= 15 is 0 Å². The number of carbonyl (C=O) groups excluding carboxylic acids is 1. The number of rotatable bonds is 10. The Kier molecular flexibility index (Phi) is 9.97. The molecule has 4 aromatic rings. The average molecular weight is 624 g/mol. The van der Waals surface area contributed by atoms with Gasteiger partial charge >= 0.3 is 0 Å². The number of halogens is 1. The number of anilines is 2. The molecule has 6 rings (SSSR count). The molecule has 12 nitrogen and oxygen atoms in total. The summed E-state index contributed by atoms with van der Waals surface area (Å²) in [6, 6.07) is 20.4. The predicted octanol–water partition coefficient (Wildman–Crippen LogP) is 2.57. The molecular formula is C31H38ClN7O5. The fraction of sp³-hybridized carbons (Fsp3) is 0.419. The van der Waals surface area contributed by atoms with Crippen LogP contribution in [-0.2, 0) is 9.53 Å². The Morgan fingerprint density at radius 2 is 1.68 bits per heavy atom. The molecule has 2 aromatic carbocycles. The van der Waals surface area contributed by atoms with Gasteiger partial charge in [-0.25, -0.2) is 4.98 Å². The van der Waals surface area contributed by atoms with Crippen LogP contribution in [0.2, 0.25) is 0 Å². The molecule has 0 bridgehead atoms. The maximum Gasteiger partial charge on any atom is 0.252 e. The minimum atomic E-state index is -1.43. The highest BCUT2D eigenvalue weighted by atomic mass is 35.5. The second kappa shape index (κ2) is 13.9. The summed E-state index contributed by atoms with van der Waals surface area (Å²) in [6.45, 7) is 2.63. The van der Waals surface area contributed by atoms with E-state index in [1.54, 1.807) is 6.92 Å². The molecule has 0 radical (unpaired) electrons. The van der Waals surface area contributed by atoms with E-state index in [-0.39, 0.29) is 30.5 Å². The van der Waals surface area contributed by atoms with Gasteiger partial charge in [-0.2, -0.15) is 9.97 Å². The standard InChI is InChI=1S/C31H37N7O5.ClH/c1-2-32-29(42)26-24(40)25(41)30(43-26)38-17-34-23-27(36-31(37-28(23)38)35-20-13-14-21(39)15-20)33-16-22(18-9-5-3-6-10-18)19-11-7-4-8-12-19;/h3-12,17,20-22,24-26,30,39-41H,2,13-16H2,1H3,(H,32,42)(H2,33,35,36,37);1H/t20?,21?,24-,25+,26-,30-;/m0./s1. The Bertz CT molecular complexity index is 1500. The van der Waals surface area contributed by atoms with Crippen molar-refractivity contribution in [1.29, 1.82) is 0 Å². The fourth-order valence-electron chi connectivity index (χ4n) is 5.94. The van der Waals surface area contributed by atoms with E-state index in [0.717, 1.165) is 17.5 Å². The van der Waals surface area contributed by atoms with Crippen molar-refractivity contribution in [3.05, 3.63) is 78.1 Å². The molecule has 3 heterocycles. The number of hydrogen-bond donors (Lipinski definition) is 6. The van der Waals surface area contributed by atoms with Crippen molar-refractivity contribution in [2.45, 2.75) is 68.8 Å². The maximum atomic E-state index is 12.5.